The summed E-state index contributed by atoms with van der Waals surface area (Å²) in [5.41, 5.74) is 1.43. The summed E-state index contributed by atoms with van der Waals surface area (Å²) in [6.45, 7) is 4.04. The van der Waals surface area contributed by atoms with E-state index in [1.54, 1.807) is 11.3 Å². The average Bonchev–Trinajstić information content (AvgIpc) is 3.60. The first-order chi connectivity index (χ1) is 19.7. The highest BCUT2D eigenvalue weighted by molar-refractivity contribution is 7.15. The number of anilines is 2. The number of rotatable bonds is 9. The number of nitrogens with one attached hydrogen (secondary N) is 2. The minimum absolute atomic E-state index is 0.00238. The van der Waals surface area contributed by atoms with Crippen molar-refractivity contribution < 1.29 is 22.8 Å². The van der Waals surface area contributed by atoms with Crippen LogP contribution in [0, 0.1) is 12.8 Å². The number of hydrogen-bond acceptors (Lipinski definition) is 7. The number of aromatic nitrogens is 3. The van der Waals surface area contributed by atoms with Crippen molar-refractivity contribution in [2.24, 2.45) is 5.92 Å². The van der Waals surface area contributed by atoms with Gasteiger partial charge in [-0.05, 0) is 74.8 Å². The molecule has 218 valence electrons. The highest BCUT2D eigenvalue weighted by atomic mass is 32.1. The maximum atomic E-state index is 13.0. The van der Waals surface area contributed by atoms with E-state index in [1.807, 2.05) is 36.2 Å². The van der Waals surface area contributed by atoms with Gasteiger partial charge in [0.15, 0.2) is 0 Å². The first-order valence-corrected chi connectivity index (χ1v) is 14.8. The zero-order chi connectivity index (χ0) is 29.0. The molecule has 1 aliphatic heterocycles. The maximum Gasteiger partial charge on any atom is 0.433 e. The second kappa shape index (κ2) is 12.5. The quantitative estimate of drug-likeness (QED) is 0.295. The van der Waals surface area contributed by atoms with Crippen molar-refractivity contribution in [2.45, 2.75) is 64.0 Å². The lowest BCUT2D eigenvalue weighted by atomic mass is 9.82. The van der Waals surface area contributed by atoms with Crippen LogP contribution in [0.5, 0.6) is 0 Å². The van der Waals surface area contributed by atoms with Crippen molar-refractivity contribution in [3.8, 4) is 10.4 Å². The zero-order valence-electron chi connectivity index (χ0n) is 22.8. The predicted octanol–water partition coefficient (Wildman–Crippen LogP) is 6.07. The number of alkyl halides is 3. The molecular formula is C29H33F3N6O2S. The molecule has 2 N–H and O–H groups in total. The van der Waals surface area contributed by atoms with Gasteiger partial charge in [0.25, 0.3) is 0 Å². The Hall–Kier alpha value is -3.54. The molecule has 41 heavy (non-hydrogen) atoms. The van der Waals surface area contributed by atoms with Gasteiger partial charge < -0.3 is 15.5 Å². The van der Waals surface area contributed by atoms with E-state index < -0.39 is 11.9 Å². The Morgan fingerprint density at radius 3 is 2.68 bits per heavy atom. The van der Waals surface area contributed by atoms with Crippen molar-refractivity contribution in [2.75, 3.05) is 25.0 Å². The number of thiazole rings is 1. The summed E-state index contributed by atoms with van der Waals surface area (Å²) in [7, 11) is 0. The van der Waals surface area contributed by atoms with E-state index in [-0.39, 0.29) is 23.7 Å². The Balaban J connectivity index is 1.14. The first-order valence-electron chi connectivity index (χ1n) is 14.0. The third kappa shape index (κ3) is 7.41. The summed E-state index contributed by atoms with van der Waals surface area (Å²) in [5.74, 6) is 0.483. The van der Waals surface area contributed by atoms with Gasteiger partial charge in [0.2, 0.25) is 17.8 Å². The van der Waals surface area contributed by atoms with Gasteiger partial charge >= 0.3 is 6.18 Å². The lowest BCUT2D eigenvalue weighted by Crippen LogP contribution is -2.35. The molecule has 2 aromatic heterocycles. The van der Waals surface area contributed by atoms with E-state index in [2.05, 4.69) is 25.6 Å². The van der Waals surface area contributed by atoms with E-state index in [9.17, 15) is 22.8 Å². The van der Waals surface area contributed by atoms with Crippen LogP contribution in [-0.4, -0.2) is 51.3 Å². The minimum atomic E-state index is -4.55. The number of halogens is 3. The van der Waals surface area contributed by atoms with Gasteiger partial charge in [-0.3, -0.25) is 9.59 Å². The molecular weight excluding hydrogens is 553 g/mol. The normalized spacial score (nSPS) is 19.4. The molecule has 1 aliphatic carbocycles. The second-order valence-electron chi connectivity index (χ2n) is 10.7. The van der Waals surface area contributed by atoms with Gasteiger partial charge in [0.1, 0.15) is 5.69 Å². The summed E-state index contributed by atoms with van der Waals surface area (Å²) in [4.78, 5) is 39.4. The number of hydrogen-bond donors (Lipinski definition) is 2. The van der Waals surface area contributed by atoms with Crippen molar-refractivity contribution in [1.82, 2.24) is 25.2 Å². The Labute approximate surface area is 240 Å². The van der Waals surface area contributed by atoms with Crippen molar-refractivity contribution in [1.29, 1.82) is 0 Å². The molecule has 8 nitrogen and oxygen atoms in total. The number of aryl methyl sites for hydroxylation is 1. The fourth-order valence-corrected chi connectivity index (χ4v) is 6.56. The molecule has 0 radical (unpaired) electrons. The van der Waals surface area contributed by atoms with Gasteiger partial charge in [-0.1, -0.05) is 6.07 Å². The molecule has 0 spiro atoms. The molecule has 1 saturated carbocycles. The molecule has 2 amide bonds. The summed E-state index contributed by atoms with van der Waals surface area (Å²) in [6, 6.07) is 6.53. The molecule has 3 heterocycles. The fraction of sp³-hybridized carbons (Fsp3) is 0.483. The third-order valence-electron chi connectivity index (χ3n) is 7.61. The maximum absolute atomic E-state index is 13.0. The highest BCUT2D eigenvalue weighted by Crippen LogP contribution is 2.40. The van der Waals surface area contributed by atoms with Crippen LogP contribution >= 0.6 is 11.3 Å². The van der Waals surface area contributed by atoms with Crippen LogP contribution in [0.3, 0.4) is 0 Å². The summed E-state index contributed by atoms with van der Waals surface area (Å²) in [6.07, 6.45) is 4.12. The first kappa shape index (κ1) is 29.0. The lowest BCUT2D eigenvalue weighted by Gasteiger charge is -2.26. The molecule has 5 rings (SSSR count). The molecule has 3 aromatic rings. The Kier molecular flexibility index (Phi) is 8.86. The fourth-order valence-electron chi connectivity index (χ4n) is 5.48. The van der Waals surface area contributed by atoms with Crippen molar-refractivity contribution in [3.05, 3.63) is 52.9 Å². The number of nitrogens with zero attached hydrogens (tertiary/aromatic N) is 4. The number of carbonyl (C=O) groups excluding carboxylic acids is 2. The van der Waals surface area contributed by atoms with Crippen LogP contribution in [0.4, 0.5) is 24.8 Å². The van der Waals surface area contributed by atoms with Crippen LogP contribution in [0.2, 0.25) is 0 Å². The molecule has 12 heteroatoms. The smallest absolute Gasteiger partial charge is 0.356 e. The highest BCUT2D eigenvalue weighted by Gasteiger charge is 2.33. The molecule has 2 aliphatic rings. The zero-order valence-corrected chi connectivity index (χ0v) is 23.7. The predicted molar refractivity (Wildman–Crippen MR) is 151 cm³/mol. The summed E-state index contributed by atoms with van der Waals surface area (Å²) >= 11 is 1.61. The molecule has 0 bridgehead atoms. The molecule has 0 unspecified atom stereocenters. The Morgan fingerprint density at radius 2 is 1.95 bits per heavy atom. The molecule has 1 aromatic carbocycles. The SMILES string of the molecule is Cc1cc(Nc2nccc(C(F)(F)F)n2)cc(-c2cnc(C3CCC(C(=O)NCCCN4CCCC4=O)CC3)s2)c1. The second-order valence-corrected chi connectivity index (χ2v) is 11.8. The van der Waals surface area contributed by atoms with Gasteiger partial charge in [0, 0.05) is 56.0 Å². The van der Waals surface area contributed by atoms with Crippen molar-refractivity contribution >= 4 is 34.8 Å². The number of benzene rings is 1. The van der Waals surface area contributed by atoms with Crippen LogP contribution < -0.4 is 10.6 Å². The summed E-state index contributed by atoms with van der Waals surface area (Å²) < 4.78 is 39.1. The molecule has 2 fully saturated rings. The van der Waals surface area contributed by atoms with Crippen LogP contribution in [0.25, 0.3) is 10.4 Å². The van der Waals surface area contributed by atoms with Crippen LogP contribution in [0.1, 0.15) is 67.1 Å². The van der Waals surface area contributed by atoms with Crippen LogP contribution in [0.15, 0.2) is 36.7 Å². The van der Waals surface area contributed by atoms with E-state index in [0.717, 1.165) is 78.3 Å². The van der Waals surface area contributed by atoms with Gasteiger partial charge in [-0.15, -0.1) is 11.3 Å². The van der Waals surface area contributed by atoms with Crippen molar-refractivity contribution in [3.63, 3.8) is 0 Å². The van der Waals surface area contributed by atoms with E-state index in [0.29, 0.717) is 31.1 Å². The number of carbonyl (C=O) groups is 2. The molecule has 1 saturated heterocycles. The van der Waals surface area contributed by atoms with Gasteiger partial charge in [-0.25, -0.2) is 15.0 Å². The Morgan fingerprint density at radius 1 is 1.15 bits per heavy atom. The summed E-state index contributed by atoms with van der Waals surface area (Å²) in [5, 5.41) is 6.98. The largest absolute Gasteiger partial charge is 0.433 e. The lowest BCUT2D eigenvalue weighted by molar-refractivity contribution is -0.141. The monoisotopic (exact) mass is 586 g/mol. The van der Waals surface area contributed by atoms with E-state index >= 15 is 0 Å². The van der Waals surface area contributed by atoms with E-state index in [1.165, 1.54) is 0 Å². The number of amides is 2. The van der Waals surface area contributed by atoms with Gasteiger partial charge in [0.05, 0.1) is 9.88 Å². The third-order valence-corrected chi connectivity index (χ3v) is 8.82. The standard InChI is InChI=1S/C29H33F3N6O2S/c1-18-14-21(16-22(15-18)36-28-34-11-9-24(37-28)29(30,31)32)23-17-35-27(41-23)20-7-5-19(6-8-20)26(40)33-10-3-13-38-12-2-4-25(38)39/h9,11,14-17,19-20H,2-8,10,12-13H2,1H3,(H,33,40)(H,34,36,37). The Bertz CT molecular complexity index is 1390. The average molecular weight is 587 g/mol. The van der Waals surface area contributed by atoms with Gasteiger partial charge in [-0.2, -0.15) is 13.2 Å². The molecule has 0 atom stereocenters. The van der Waals surface area contributed by atoms with E-state index in [4.69, 9.17) is 0 Å². The minimum Gasteiger partial charge on any atom is -0.356 e. The topological polar surface area (TPSA) is 100 Å². The number of likely N-dealkylation sites (tertiary alicyclic amines) is 1. The van der Waals surface area contributed by atoms with Crippen LogP contribution in [-0.2, 0) is 15.8 Å².